The number of carbonyl (C=O) groups is 3. The van der Waals surface area contributed by atoms with Crippen LogP contribution in [0.4, 0.5) is 5.69 Å². The van der Waals surface area contributed by atoms with E-state index in [1.807, 2.05) is 60.5 Å². The maximum atomic E-state index is 13.7. The molecule has 1 aliphatic carbocycles. The normalized spacial score (nSPS) is 19.0. The number of amides is 1. The first-order chi connectivity index (χ1) is 24.6. The first-order valence-corrected chi connectivity index (χ1v) is 18.4. The molecule has 0 spiro atoms. The fourth-order valence-electron chi connectivity index (χ4n) is 8.18. The Balaban J connectivity index is 1.02. The van der Waals surface area contributed by atoms with E-state index in [4.69, 9.17) is 16.6 Å². The number of aliphatic carboxylic acids is 1. The molecule has 51 heavy (non-hydrogen) atoms. The van der Waals surface area contributed by atoms with Crippen LogP contribution < -0.4 is 10.6 Å². The fraction of sp³-hybridized carbons (Fsp3) is 0.462. The van der Waals surface area contributed by atoms with Crippen molar-refractivity contribution in [3.8, 4) is 11.1 Å². The number of aromatic nitrogens is 4. The molecule has 3 aliphatic rings. The largest absolute Gasteiger partial charge is 0.481 e. The molecule has 1 saturated carbocycles. The second-order valence-electron chi connectivity index (χ2n) is 14.4. The van der Waals surface area contributed by atoms with Crippen molar-refractivity contribution >= 4 is 34.9 Å². The number of hydrogen-bond donors (Lipinski definition) is 3. The number of carbonyl (C=O) groups excluding carboxylic acids is 2. The van der Waals surface area contributed by atoms with Crippen molar-refractivity contribution in [2.75, 3.05) is 25.0 Å². The van der Waals surface area contributed by atoms with Crippen molar-refractivity contribution in [2.45, 2.75) is 71.4 Å². The van der Waals surface area contributed by atoms with Crippen molar-refractivity contribution < 1.29 is 19.5 Å². The summed E-state index contributed by atoms with van der Waals surface area (Å²) in [6.45, 7) is 6.09. The number of anilines is 1. The average Bonchev–Trinajstić information content (AvgIpc) is 3.65. The Hall–Kier alpha value is -4.32. The van der Waals surface area contributed by atoms with E-state index in [0.29, 0.717) is 41.4 Å². The second kappa shape index (κ2) is 14.7. The van der Waals surface area contributed by atoms with Crippen LogP contribution in [-0.4, -0.2) is 66.4 Å². The van der Waals surface area contributed by atoms with Crippen molar-refractivity contribution in [2.24, 2.45) is 25.9 Å². The highest BCUT2D eigenvalue weighted by Gasteiger charge is 2.29. The molecule has 1 amide bonds. The number of carboxylic acids is 1. The van der Waals surface area contributed by atoms with Crippen LogP contribution in [0.2, 0.25) is 5.02 Å². The number of benzene rings is 2. The van der Waals surface area contributed by atoms with Crippen molar-refractivity contribution in [3.05, 3.63) is 87.0 Å². The molecule has 4 heterocycles. The lowest BCUT2D eigenvalue weighted by molar-refractivity contribution is -0.143. The minimum atomic E-state index is -0.662. The molecular weight excluding hydrogens is 666 g/mol. The van der Waals surface area contributed by atoms with Gasteiger partial charge >= 0.3 is 5.97 Å². The summed E-state index contributed by atoms with van der Waals surface area (Å²) in [6.07, 6.45) is 6.44. The van der Waals surface area contributed by atoms with Crippen LogP contribution in [0, 0.1) is 18.8 Å². The molecule has 0 bridgehead atoms. The number of fused-ring (bicyclic) bond motifs is 2. The molecule has 2 aromatic carbocycles. The molecule has 3 N–H and O–H groups in total. The summed E-state index contributed by atoms with van der Waals surface area (Å²) in [4.78, 5) is 50.3. The zero-order chi connectivity index (χ0) is 35.8. The number of rotatable bonds is 10. The Morgan fingerprint density at radius 2 is 1.65 bits per heavy atom. The molecule has 12 heteroatoms. The van der Waals surface area contributed by atoms with Gasteiger partial charge in [0.1, 0.15) is 0 Å². The third-order valence-corrected chi connectivity index (χ3v) is 11.7. The number of nitrogens with zero attached hydrogens (tertiary/aromatic N) is 5. The maximum Gasteiger partial charge on any atom is 0.306 e. The van der Waals surface area contributed by atoms with Gasteiger partial charge in [-0.05, 0) is 74.2 Å². The Bertz CT molecular complexity index is 1990. The highest BCUT2D eigenvalue weighted by Crippen LogP contribution is 2.37. The van der Waals surface area contributed by atoms with Gasteiger partial charge in [0.2, 0.25) is 5.78 Å². The average molecular weight is 712 g/mol. The van der Waals surface area contributed by atoms with Gasteiger partial charge in [0.25, 0.3) is 5.91 Å². The van der Waals surface area contributed by atoms with Crippen LogP contribution in [-0.2, 0) is 51.2 Å². The first kappa shape index (κ1) is 35.1. The molecule has 0 atom stereocenters. The van der Waals surface area contributed by atoms with E-state index < -0.39 is 5.97 Å². The van der Waals surface area contributed by atoms with Gasteiger partial charge in [-0.1, -0.05) is 41.9 Å². The molecule has 0 saturated heterocycles. The van der Waals surface area contributed by atoms with Crippen molar-refractivity contribution in [3.63, 3.8) is 0 Å². The Morgan fingerprint density at radius 1 is 0.941 bits per heavy atom. The van der Waals surface area contributed by atoms with Gasteiger partial charge in [-0.15, -0.1) is 0 Å². The highest BCUT2D eigenvalue weighted by molar-refractivity contribution is 6.36. The van der Waals surface area contributed by atoms with Gasteiger partial charge in [0, 0.05) is 76.5 Å². The smallest absolute Gasteiger partial charge is 0.306 e. The number of carboxylic acid groups (broad SMARTS) is 1. The highest BCUT2D eigenvalue weighted by atomic mass is 35.5. The Labute approximate surface area is 303 Å². The minimum absolute atomic E-state index is 0.0277. The molecule has 268 valence electrons. The second-order valence-corrected chi connectivity index (χ2v) is 14.8. The number of imidazole rings is 2. The first-order valence-electron chi connectivity index (χ1n) is 18.1. The van der Waals surface area contributed by atoms with Crippen LogP contribution in [0.15, 0.2) is 36.4 Å². The summed E-state index contributed by atoms with van der Waals surface area (Å²) < 4.78 is 3.83. The SMILES string of the molecule is Cc1c(CC(=O)c2nc3c(n2C)CCNC3)cccc1-c1cccc(NC(=O)c2nc3c(n2C)CCN(CCC2CCC(C(=O)O)CC2)C3)c1Cl. The van der Waals surface area contributed by atoms with E-state index in [0.717, 1.165) is 110 Å². The molecule has 2 aliphatic heterocycles. The van der Waals surface area contributed by atoms with E-state index >= 15 is 0 Å². The van der Waals surface area contributed by atoms with Gasteiger partial charge in [0.15, 0.2) is 11.6 Å². The predicted octanol–water partition coefficient (Wildman–Crippen LogP) is 5.75. The van der Waals surface area contributed by atoms with Crippen molar-refractivity contribution in [1.29, 1.82) is 0 Å². The van der Waals surface area contributed by atoms with Gasteiger partial charge in [-0.2, -0.15) is 0 Å². The summed E-state index contributed by atoms with van der Waals surface area (Å²) in [7, 11) is 3.81. The lowest BCUT2D eigenvalue weighted by Crippen LogP contribution is -2.33. The third-order valence-electron chi connectivity index (χ3n) is 11.3. The molecule has 7 rings (SSSR count). The van der Waals surface area contributed by atoms with E-state index in [-0.39, 0.29) is 24.0 Å². The molecule has 11 nitrogen and oxygen atoms in total. The van der Waals surface area contributed by atoms with E-state index in [9.17, 15) is 19.5 Å². The monoisotopic (exact) mass is 711 g/mol. The zero-order valence-corrected chi connectivity index (χ0v) is 30.4. The topological polar surface area (TPSA) is 134 Å². The summed E-state index contributed by atoms with van der Waals surface area (Å²) in [5.41, 5.74) is 8.07. The number of halogens is 1. The standard InChI is InChI=1S/C39H46ClN7O4/c1-23-26(20-34(48)36-42-30-21-41-17-14-32(30)45(36)2)6-4-7-27(23)28-8-5-9-29(35(28)40)44-38(49)37-43-31-22-47(19-16-33(31)46(37)3)18-15-24-10-12-25(13-11-24)39(50)51/h4-9,24-25,41H,10-22H2,1-3H3,(H,44,49)(H,50,51). The quantitative estimate of drug-likeness (QED) is 0.177. The van der Waals surface area contributed by atoms with Gasteiger partial charge in [0.05, 0.1) is 28.0 Å². The fourth-order valence-corrected chi connectivity index (χ4v) is 8.45. The van der Waals surface area contributed by atoms with E-state index in [1.54, 1.807) is 6.07 Å². The van der Waals surface area contributed by atoms with Crippen LogP contribution in [0.5, 0.6) is 0 Å². The maximum absolute atomic E-state index is 13.7. The number of ketones is 1. The molecule has 0 radical (unpaired) electrons. The summed E-state index contributed by atoms with van der Waals surface area (Å²) in [5.74, 6) is 0.195. The van der Waals surface area contributed by atoms with Crippen LogP contribution in [0.25, 0.3) is 11.1 Å². The Morgan fingerprint density at radius 3 is 2.41 bits per heavy atom. The predicted molar refractivity (Wildman–Crippen MR) is 196 cm³/mol. The molecule has 1 fully saturated rings. The number of hydrogen-bond acceptors (Lipinski definition) is 7. The summed E-state index contributed by atoms with van der Waals surface area (Å²) in [5, 5.41) is 16.1. The van der Waals surface area contributed by atoms with E-state index in [2.05, 4.69) is 20.5 Å². The van der Waals surface area contributed by atoms with Gasteiger partial charge in [-0.25, -0.2) is 9.97 Å². The van der Waals surface area contributed by atoms with Crippen LogP contribution >= 0.6 is 11.6 Å². The molecule has 0 unspecified atom stereocenters. The third kappa shape index (κ3) is 7.11. The van der Waals surface area contributed by atoms with Gasteiger partial charge < -0.3 is 24.9 Å². The van der Waals surface area contributed by atoms with Crippen molar-refractivity contribution in [1.82, 2.24) is 29.3 Å². The number of Topliss-reactive ketones (excluding diaryl/α,β-unsaturated/α-hetero) is 1. The Kier molecular flexibility index (Phi) is 10.1. The van der Waals surface area contributed by atoms with Crippen LogP contribution in [0.3, 0.4) is 0 Å². The summed E-state index contributed by atoms with van der Waals surface area (Å²) >= 11 is 7.00. The number of nitrogens with one attached hydrogen (secondary N) is 2. The van der Waals surface area contributed by atoms with E-state index in [1.165, 1.54) is 0 Å². The lowest BCUT2D eigenvalue weighted by Gasteiger charge is -2.30. The van der Waals surface area contributed by atoms with Gasteiger partial charge in [-0.3, -0.25) is 19.3 Å². The molecule has 2 aromatic heterocycles. The zero-order valence-electron chi connectivity index (χ0n) is 29.6. The molecular formula is C39H46ClN7O4. The van der Waals surface area contributed by atoms with Crippen LogP contribution in [0.1, 0.15) is 87.2 Å². The molecule has 4 aromatic rings. The minimum Gasteiger partial charge on any atom is -0.481 e. The summed E-state index contributed by atoms with van der Waals surface area (Å²) in [6, 6.07) is 11.5. The lowest BCUT2D eigenvalue weighted by atomic mass is 9.80.